The third kappa shape index (κ3) is 7.45. The molecule has 0 saturated carbocycles. The molecule has 0 aliphatic carbocycles. The average Bonchev–Trinajstić information content (AvgIpc) is 3.20. The van der Waals surface area contributed by atoms with E-state index in [9.17, 15) is 13.2 Å². The zero-order valence-electron chi connectivity index (χ0n) is 17.2. The summed E-state index contributed by atoms with van der Waals surface area (Å²) in [7, 11) is 0. The molecule has 6 nitrogen and oxygen atoms in total. The molecule has 0 aromatic heterocycles. The third-order valence-electron chi connectivity index (χ3n) is 5.12. The van der Waals surface area contributed by atoms with E-state index in [0.29, 0.717) is 11.6 Å². The molecule has 1 aromatic rings. The zero-order chi connectivity index (χ0) is 20.7. The number of rotatable bonds is 6. The van der Waals surface area contributed by atoms with Gasteiger partial charge in [-0.1, -0.05) is 18.2 Å². The van der Waals surface area contributed by atoms with Crippen molar-refractivity contribution in [3.05, 3.63) is 29.8 Å². The van der Waals surface area contributed by atoms with Gasteiger partial charge in [-0.05, 0) is 19.4 Å². The Morgan fingerprint density at radius 1 is 1.23 bits per heavy atom. The van der Waals surface area contributed by atoms with Crippen molar-refractivity contribution in [2.75, 3.05) is 52.5 Å². The fourth-order valence-corrected chi connectivity index (χ4v) is 3.70. The Morgan fingerprint density at radius 2 is 1.97 bits per heavy atom. The van der Waals surface area contributed by atoms with Crippen LogP contribution in [0.4, 0.5) is 13.2 Å². The molecular weight excluding hydrogens is 512 g/mol. The van der Waals surface area contributed by atoms with Crippen molar-refractivity contribution in [1.29, 1.82) is 0 Å². The molecule has 1 unspecified atom stereocenters. The molecule has 170 valence electrons. The van der Waals surface area contributed by atoms with E-state index in [2.05, 4.69) is 20.1 Å². The molecule has 0 radical (unpaired) electrons. The first kappa shape index (κ1) is 25.0. The van der Waals surface area contributed by atoms with E-state index >= 15 is 0 Å². The normalized spacial score (nSPS) is 20.7. The van der Waals surface area contributed by atoms with E-state index in [1.807, 2.05) is 6.92 Å². The number of ether oxygens (including phenoxy) is 2. The number of nitrogens with zero attached hydrogens (tertiary/aromatic N) is 3. The number of morpholine rings is 1. The molecule has 2 aliphatic rings. The van der Waals surface area contributed by atoms with Crippen LogP contribution in [-0.4, -0.2) is 80.5 Å². The van der Waals surface area contributed by atoms with Crippen LogP contribution in [0.15, 0.2) is 29.3 Å². The van der Waals surface area contributed by atoms with Gasteiger partial charge in [-0.25, -0.2) is 4.99 Å². The molecule has 2 saturated heterocycles. The number of aliphatic imine (C=N–C) groups is 1. The van der Waals surface area contributed by atoms with Gasteiger partial charge in [-0.3, -0.25) is 4.90 Å². The van der Waals surface area contributed by atoms with Crippen molar-refractivity contribution in [2.24, 2.45) is 4.99 Å². The average molecular weight is 542 g/mol. The standard InChI is InChI=1S/C20H29F3N4O2.HI/c1-2-24-19(27-8-7-17(14-27)26-9-11-28-12-10-26)25-13-16-5-3-4-6-18(16)29-15-20(21,22)23;/h3-6,17H,2,7-15H2,1H3,(H,24,25);1H. The van der Waals surface area contributed by atoms with Gasteiger partial charge in [-0.15, -0.1) is 24.0 Å². The minimum absolute atomic E-state index is 0. The lowest BCUT2D eigenvalue weighted by molar-refractivity contribution is -0.153. The summed E-state index contributed by atoms with van der Waals surface area (Å²) >= 11 is 0. The number of likely N-dealkylation sites (tertiary alicyclic amines) is 1. The van der Waals surface area contributed by atoms with Crippen molar-refractivity contribution < 1.29 is 22.6 Å². The number of nitrogens with one attached hydrogen (secondary N) is 1. The predicted octanol–water partition coefficient (Wildman–Crippen LogP) is 3.12. The number of benzene rings is 1. The van der Waals surface area contributed by atoms with Crippen LogP contribution in [0, 0.1) is 0 Å². The highest BCUT2D eigenvalue weighted by Crippen LogP contribution is 2.23. The highest BCUT2D eigenvalue weighted by atomic mass is 127. The number of guanidine groups is 1. The fraction of sp³-hybridized carbons (Fsp3) is 0.650. The molecule has 1 atom stereocenters. The van der Waals surface area contributed by atoms with Crippen LogP contribution in [0.5, 0.6) is 5.75 Å². The lowest BCUT2D eigenvalue weighted by Gasteiger charge is -2.32. The van der Waals surface area contributed by atoms with Crippen molar-refractivity contribution in [3.8, 4) is 5.75 Å². The Morgan fingerprint density at radius 3 is 2.67 bits per heavy atom. The highest BCUT2D eigenvalue weighted by molar-refractivity contribution is 14.0. The maximum Gasteiger partial charge on any atom is 0.422 e. The van der Waals surface area contributed by atoms with Crippen LogP contribution in [0.25, 0.3) is 0 Å². The second-order valence-corrected chi connectivity index (χ2v) is 7.22. The summed E-state index contributed by atoms with van der Waals surface area (Å²) in [4.78, 5) is 9.37. The molecular formula is C20H30F3IN4O2. The van der Waals surface area contributed by atoms with E-state index in [0.717, 1.165) is 58.3 Å². The maximum absolute atomic E-state index is 12.5. The van der Waals surface area contributed by atoms with E-state index in [4.69, 9.17) is 9.47 Å². The highest BCUT2D eigenvalue weighted by Gasteiger charge is 2.30. The molecule has 0 spiro atoms. The molecule has 1 aromatic carbocycles. The quantitative estimate of drug-likeness (QED) is 0.340. The molecule has 0 bridgehead atoms. The summed E-state index contributed by atoms with van der Waals surface area (Å²) in [6, 6.07) is 7.22. The summed E-state index contributed by atoms with van der Waals surface area (Å²) in [6.45, 7) is 6.94. The third-order valence-corrected chi connectivity index (χ3v) is 5.12. The van der Waals surface area contributed by atoms with Crippen LogP contribution in [0.3, 0.4) is 0 Å². The first-order valence-electron chi connectivity index (χ1n) is 10.1. The Bertz CT molecular complexity index is 684. The van der Waals surface area contributed by atoms with Gasteiger partial charge in [0.15, 0.2) is 12.6 Å². The van der Waals surface area contributed by atoms with Crippen LogP contribution in [0.1, 0.15) is 18.9 Å². The molecule has 30 heavy (non-hydrogen) atoms. The summed E-state index contributed by atoms with van der Waals surface area (Å²) in [5.74, 6) is 1.01. The van der Waals surface area contributed by atoms with E-state index in [-0.39, 0.29) is 36.3 Å². The molecule has 2 heterocycles. The number of hydrogen-bond acceptors (Lipinski definition) is 4. The summed E-state index contributed by atoms with van der Waals surface area (Å²) in [5.41, 5.74) is 0.635. The molecule has 2 aliphatic heterocycles. The van der Waals surface area contributed by atoms with Crippen molar-refractivity contribution in [3.63, 3.8) is 0 Å². The number of alkyl halides is 3. The molecule has 0 amide bonds. The van der Waals surface area contributed by atoms with Crippen LogP contribution < -0.4 is 10.1 Å². The van der Waals surface area contributed by atoms with Crippen molar-refractivity contribution in [1.82, 2.24) is 15.1 Å². The van der Waals surface area contributed by atoms with Gasteiger partial charge >= 0.3 is 6.18 Å². The smallest absolute Gasteiger partial charge is 0.422 e. The second kappa shape index (κ2) is 11.9. The Balaban J connectivity index is 0.00000320. The van der Waals surface area contributed by atoms with Crippen molar-refractivity contribution in [2.45, 2.75) is 32.1 Å². The minimum atomic E-state index is -4.37. The molecule has 1 N–H and O–H groups in total. The SMILES string of the molecule is CCNC(=NCc1ccccc1OCC(F)(F)F)N1CCC(N2CCOCC2)C1.I. The van der Waals surface area contributed by atoms with Gasteiger partial charge in [0.1, 0.15) is 5.75 Å². The van der Waals surface area contributed by atoms with E-state index in [1.165, 1.54) is 0 Å². The summed E-state index contributed by atoms with van der Waals surface area (Å²) in [6.07, 6.45) is -3.30. The van der Waals surface area contributed by atoms with Gasteiger partial charge in [0.05, 0.1) is 19.8 Å². The lowest BCUT2D eigenvalue weighted by atomic mass is 10.2. The van der Waals surface area contributed by atoms with Crippen molar-refractivity contribution >= 4 is 29.9 Å². The minimum Gasteiger partial charge on any atom is -0.484 e. The fourth-order valence-electron chi connectivity index (χ4n) is 3.70. The van der Waals surface area contributed by atoms with Gasteiger partial charge in [-0.2, -0.15) is 13.2 Å². The predicted molar refractivity (Wildman–Crippen MR) is 121 cm³/mol. The Hall–Kier alpha value is -1.27. The van der Waals surface area contributed by atoms with Gasteiger partial charge in [0, 0.05) is 44.3 Å². The topological polar surface area (TPSA) is 49.3 Å². The van der Waals surface area contributed by atoms with E-state index < -0.39 is 12.8 Å². The summed E-state index contributed by atoms with van der Waals surface area (Å²) in [5, 5.41) is 3.31. The molecule has 10 heteroatoms. The largest absolute Gasteiger partial charge is 0.484 e. The monoisotopic (exact) mass is 542 g/mol. The number of hydrogen-bond donors (Lipinski definition) is 1. The first-order valence-corrected chi connectivity index (χ1v) is 10.1. The first-order chi connectivity index (χ1) is 14.0. The second-order valence-electron chi connectivity index (χ2n) is 7.22. The van der Waals surface area contributed by atoms with E-state index in [1.54, 1.807) is 24.3 Å². The molecule has 3 rings (SSSR count). The van der Waals surface area contributed by atoms with Gasteiger partial charge in [0.25, 0.3) is 0 Å². The lowest BCUT2D eigenvalue weighted by Crippen LogP contribution is -2.46. The Kier molecular flexibility index (Phi) is 9.95. The zero-order valence-corrected chi connectivity index (χ0v) is 19.5. The maximum atomic E-state index is 12.5. The van der Waals surface area contributed by atoms with Gasteiger partial charge < -0.3 is 19.7 Å². The Labute approximate surface area is 192 Å². The van der Waals surface area contributed by atoms with Crippen LogP contribution in [-0.2, 0) is 11.3 Å². The van der Waals surface area contributed by atoms with Crippen LogP contribution >= 0.6 is 24.0 Å². The number of para-hydroxylation sites is 1. The number of halogens is 4. The molecule has 2 fully saturated rings. The van der Waals surface area contributed by atoms with Gasteiger partial charge in [0.2, 0.25) is 0 Å². The van der Waals surface area contributed by atoms with Crippen LogP contribution in [0.2, 0.25) is 0 Å². The summed E-state index contributed by atoms with van der Waals surface area (Å²) < 4.78 is 47.9.